The highest BCUT2D eigenvalue weighted by Gasteiger charge is 2.43. The number of benzene rings is 2. The van der Waals surface area contributed by atoms with E-state index >= 15 is 0 Å². The SMILES string of the molecule is COc1ccccc1[C@H](C(=O)NCc1ccc(F)cc1)N(C(=O)c1csnn1)C1CC1. The summed E-state index contributed by atoms with van der Waals surface area (Å²) in [5.74, 6) is -0.523. The van der Waals surface area contributed by atoms with Crippen molar-refractivity contribution in [1.82, 2.24) is 19.8 Å². The van der Waals surface area contributed by atoms with Gasteiger partial charge in [-0.15, -0.1) is 5.10 Å². The zero-order valence-electron chi connectivity index (χ0n) is 16.8. The van der Waals surface area contributed by atoms with Gasteiger partial charge in [-0.2, -0.15) is 0 Å². The molecule has 0 spiro atoms. The summed E-state index contributed by atoms with van der Waals surface area (Å²) in [7, 11) is 1.53. The average Bonchev–Trinajstić information content (AvgIpc) is 3.48. The molecule has 1 saturated carbocycles. The molecular weight excluding hydrogens is 419 g/mol. The van der Waals surface area contributed by atoms with Crippen molar-refractivity contribution in [3.63, 3.8) is 0 Å². The van der Waals surface area contributed by atoms with E-state index in [2.05, 4.69) is 14.9 Å². The summed E-state index contributed by atoms with van der Waals surface area (Å²) >= 11 is 1.09. The van der Waals surface area contributed by atoms with Crippen LogP contribution in [0.15, 0.2) is 53.9 Å². The number of rotatable bonds is 8. The van der Waals surface area contributed by atoms with Gasteiger partial charge < -0.3 is 15.0 Å². The Kier molecular flexibility index (Phi) is 6.22. The van der Waals surface area contributed by atoms with Gasteiger partial charge in [0.15, 0.2) is 5.69 Å². The molecule has 0 unspecified atom stereocenters. The van der Waals surface area contributed by atoms with Crippen molar-refractivity contribution < 1.29 is 18.7 Å². The molecule has 1 fully saturated rings. The van der Waals surface area contributed by atoms with E-state index in [1.54, 1.807) is 40.6 Å². The quantitative estimate of drug-likeness (QED) is 0.581. The maximum atomic E-state index is 13.4. The van der Waals surface area contributed by atoms with Gasteiger partial charge in [0.1, 0.15) is 17.6 Å². The number of amides is 2. The van der Waals surface area contributed by atoms with E-state index in [0.29, 0.717) is 11.3 Å². The molecular formula is C22H21FN4O3S. The number of halogens is 1. The molecule has 31 heavy (non-hydrogen) atoms. The molecule has 2 aromatic carbocycles. The van der Waals surface area contributed by atoms with E-state index < -0.39 is 6.04 Å². The number of aromatic nitrogens is 2. The normalized spacial score (nSPS) is 14.0. The van der Waals surface area contributed by atoms with E-state index in [1.165, 1.54) is 19.2 Å². The summed E-state index contributed by atoms with van der Waals surface area (Å²) < 4.78 is 22.5. The van der Waals surface area contributed by atoms with Crippen molar-refractivity contribution in [2.24, 2.45) is 0 Å². The largest absolute Gasteiger partial charge is 0.496 e. The van der Waals surface area contributed by atoms with Crippen molar-refractivity contribution >= 4 is 23.3 Å². The highest BCUT2D eigenvalue weighted by molar-refractivity contribution is 7.03. The van der Waals surface area contributed by atoms with Gasteiger partial charge in [-0.25, -0.2) is 4.39 Å². The lowest BCUT2D eigenvalue weighted by atomic mass is 10.0. The minimum atomic E-state index is -0.904. The van der Waals surface area contributed by atoms with Crippen LogP contribution in [0.3, 0.4) is 0 Å². The number of nitrogens with one attached hydrogen (secondary N) is 1. The first-order chi connectivity index (χ1) is 15.1. The second kappa shape index (κ2) is 9.22. The lowest BCUT2D eigenvalue weighted by Gasteiger charge is -2.31. The predicted molar refractivity (Wildman–Crippen MR) is 113 cm³/mol. The molecule has 1 aromatic heterocycles. The molecule has 3 aromatic rings. The molecule has 7 nitrogen and oxygen atoms in total. The summed E-state index contributed by atoms with van der Waals surface area (Å²) in [6.07, 6.45) is 1.61. The number of ether oxygens (including phenoxy) is 1. The molecule has 0 radical (unpaired) electrons. The summed E-state index contributed by atoms with van der Waals surface area (Å²) in [5.41, 5.74) is 1.55. The predicted octanol–water partition coefficient (Wildman–Crippen LogP) is 3.35. The van der Waals surface area contributed by atoms with Gasteiger partial charge in [-0.05, 0) is 48.1 Å². The molecule has 0 bridgehead atoms. The van der Waals surface area contributed by atoms with E-state index in [0.717, 1.165) is 29.9 Å². The molecule has 0 saturated heterocycles. The monoisotopic (exact) mass is 440 g/mol. The van der Waals surface area contributed by atoms with Gasteiger partial charge in [0.25, 0.3) is 5.91 Å². The van der Waals surface area contributed by atoms with Crippen LogP contribution in [0.5, 0.6) is 5.75 Å². The van der Waals surface area contributed by atoms with Crippen molar-refractivity contribution in [1.29, 1.82) is 0 Å². The number of methoxy groups -OCH3 is 1. The number of nitrogens with zero attached hydrogens (tertiary/aromatic N) is 3. The van der Waals surface area contributed by atoms with E-state index in [1.807, 2.05) is 6.07 Å². The van der Waals surface area contributed by atoms with Crippen LogP contribution in [0.1, 0.15) is 40.5 Å². The van der Waals surface area contributed by atoms with Gasteiger partial charge in [0.05, 0.1) is 7.11 Å². The summed E-state index contributed by atoms with van der Waals surface area (Å²) in [6.45, 7) is 0.204. The van der Waals surface area contributed by atoms with Crippen LogP contribution in [0.2, 0.25) is 0 Å². The number of hydrogen-bond donors (Lipinski definition) is 1. The third-order valence-electron chi connectivity index (χ3n) is 5.09. The molecule has 4 rings (SSSR count). The van der Waals surface area contributed by atoms with Crippen LogP contribution >= 0.6 is 11.5 Å². The minimum Gasteiger partial charge on any atom is -0.496 e. The fourth-order valence-electron chi connectivity index (χ4n) is 3.43. The molecule has 2 amide bonds. The maximum Gasteiger partial charge on any atom is 0.276 e. The number of carbonyl (C=O) groups excluding carboxylic acids is 2. The Morgan fingerprint density at radius 2 is 1.97 bits per heavy atom. The molecule has 1 aliphatic rings. The molecule has 0 aliphatic heterocycles. The smallest absolute Gasteiger partial charge is 0.276 e. The van der Waals surface area contributed by atoms with Gasteiger partial charge >= 0.3 is 0 Å². The van der Waals surface area contributed by atoms with Gasteiger partial charge in [-0.3, -0.25) is 9.59 Å². The van der Waals surface area contributed by atoms with Gasteiger partial charge in [0, 0.05) is 23.5 Å². The van der Waals surface area contributed by atoms with Gasteiger partial charge in [-0.1, -0.05) is 34.8 Å². The fraction of sp³-hybridized carbons (Fsp3) is 0.273. The second-order valence-corrected chi connectivity index (χ2v) is 7.83. The molecule has 1 N–H and O–H groups in total. The van der Waals surface area contributed by atoms with Crippen LogP contribution in [0.4, 0.5) is 4.39 Å². The molecule has 1 aliphatic carbocycles. The Labute approximate surface area is 183 Å². The fourth-order valence-corrected chi connectivity index (χ4v) is 3.86. The average molecular weight is 441 g/mol. The Morgan fingerprint density at radius 3 is 2.61 bits per heavy atom. The van der Waals surface area contributed by atoms with Crippen LogP contribution < -0.4 is 10.1 Å². The number of carbonyl (C=O) groups is 2. The number of hydrogen-bond acceptors (Lipinski definition) is 6. The molecule has 1 atom stereocenters. The topological polar surface area (TPSA) is 84.4 Å². The van der Waals surface area contributed by atoms with E-state index in [4.69, 9.17) is 4.74 Å². The summed E-state index contributed by atoms with van der Waals surface area (Å²) in [4.78, 5) is 28.3. The van der Waals surface area contributed by atoms with Crippen LogP contribution in [0.25, 0.3) is 0 Å². The standard InChI is InChI=1S/C22H21FN4O3S/c1-30-19-5-3-2-4-17(19)20(21(28)24-12-14-6-8-15(23)9-7-14)27(16-10-11-16)22(29)18-13-31-26-25-18/h2-9,13,16,20H,10-12H2,1H3,(H,24,28)/t20-/m1/s1. The molecule has 160 valence electrons. The Hall–Kier alpha value is -3.33. The Balaban J connectivity index is 1.67. The zero-order valence-corrected chi connectivity index (χ0v) is 17.6. The lowest BCUT2D eigenvalue weighted by molar-refractivity contribution is -0.126. The molecule has 9 heteroatoms. The highest BCUT2D eigenvalue weighted by atomic mass is 32.1. The third-order valence-corrected chi connectivity index (χ3v) is 5.60. The van der Waals surface area contributed by atoms with Crippen LogP contribution in [-0.4, -0.2) is 39.5 Å². The van der Waals surface area contributed by atoms with Gasteiger partial charge in [0.2, 0.25) is 5.91 Å². The highest BCUT2D eigenvalue weighted by Crippen LogP contribution is 2.38. The maximum absolute atomic E-state index is 13.4. The zero-order chi connectivity index (χ0) is 21.8. The summed E-state index contributed by atoms with van der Waals surface area (Å²) in [6, 6.07) is 12.1. The first-order valence-corrected chi connectivity index (χ1v) is 10.7. The van der Waals surface area contributed by atoms with Crippen LogP contribution in [-0.2, 0) is 11.3 Å². The second-order valence-electron chi connectivity index (χ2n) is 7.22. The van der Waals surface area contributed by atoms with Crippen LogP contribution in [0, 0.1) is 5.82 Å². The first kappa shape index (κ1) is 20.9. The van der Waals surface area contributed by atoms with Crippen molar-refractivity contribution in [2.75, 3.05) is 7.11 Å². The summed E-state index contributed by atoms with van der Waals surface area (Å²) in [5, 5.41) is 8.37. The first-order valence-electron chi connectivity index (χ1n) is 9.83. The Morgan fingerprint density at radius 1 is 1.23 bits per heavy atom. The van der Waals surface area contributed by atoms with Crippen molar-refractivity contribution in [3.05, 3.63) is 76.5 Å². The lowest BCUT2D eigenvalue weighted by Crippen LogP contribution is -2.45. The van der Waals surface area contributed by atoms with Crippen molar-refractivity contribution in [3.8, 4) is 5.75 Å². The minimum absolute atomic E-state index is 0.0688. The Bertz CT molecular complexity index is 1050. The molecule has 1 heterocycles. The number of para-hydroxylation sites is 1. The van der Waals surface area contributed by atoms with Crippen molar-refractivity contribution in [2.45, 2.75) is 31.5 Å². The van der Waals surface area contributed by atoms with E-state index in [-0.39, 0.29) is 35.9 Å². The third kappa shape index (κ3) is 4.72. The van der Waals surface area contributed by atoms with E-state index in [9.17, 15) is 14.0 Å².